The van der Waals surface area contributed by atoms with Crippen LogP contribution in [0.15, 0.2) is 40.4 Å². The Labute approximate surface area is 157 Å². The molecular weight excluding hydrogens is 355 g/mol. The van der Waals surface area contributed by atoms with E-state index in [2.05, 4.69) is 40.2 Å². The molecule has 0 aliphatic carbocycles. The average Bonchev–Trinajstić information content (AvgIpc) is 3.10. The molecule has 1 aromatic rings. The number of rotatable bonds is 1. The molecular formula is C19H24F3N5. The van der Waals surface area contributed by atoms with E-state index in [0.29, 0.717) is 12.1 Å². The summed E-state index contributed by atoms with van der Waals surface area (Å²) in [6.45, 7) is 6.12. The zero-order valence-electron chi connectivity index (χ0n) is 15.6. The van der Waals surface area contributed by atoms with Crippen molar-refractivity contribution < 1.29 is 13.2 Å². The highest BCUT2D eigenvalue weighted by Gasteiger charge is 2.37. The lowest BCUT2D eigenvalue weighted by molar-refractivity contribution is -0.137. The SMILES string of the molecule is CC1CC=C(N2CCN(C)CC2)N2N=NCC2c2cc(C(F)(F)F)ccc21. The fraction of sp³-hybridized carbons (Fsp3) is 0.579. The van der Waals surface area contributed by atoms with Gasteiger partial charge in [-0.25, -0.2) is 5.01 Å². The molecule has 146 valence electrons. The van der Waals surface area contributed by atoms with Crippen molar-refractivity contribution in [3.05, 3.63) is 46.8 Å². The number of hydrogen-bond acceptors (Lipinski definition) is 5. The normalized spacial score (nSPS) is 26.3. The molecule has 0 saturated carbocycles. The van der Waals surface area contributed by atoms with Crippen molar-refractivity contribution in [2.45, 2.75) is 31.5 Å². The van der Waals surface area contributed by atoms with Crippen molar-refractivity contribution in [2.75, 3.05) is 39.8 Å². The van der Waals surface area contributed by atoms with Crippen LogP contribution < -0.4 is 0 Å². The van der Waals surface area contributed by atoms with Gasteiger partial charge in [0.2, 0.25) is 0 Å². The molecule has 5 nitrogen and oxygen atoms in total. The lowest BCUT2D eigenvalue weighted by Crippen LogP contribution is -2.47. The van der Waals surface area contributed by atoms with Crippen LogP contribution in [0.1, 0.15) is 42.0 Å². The van der Waals surface area contributed by atoms with Gasteiger partial charge in [-0.1, -0.05) is 18.2 Å². The maximum atomic E-state index is 13.3. The number of alkyl halides is 3. The summed E-state index contributed by atoms with van der Waals surface area (Å²) in [5, 5.41) is 10.3. The van der Waals surface area contributed by atoms with Gasteiger partial charge in [0.15, 0.2) is 0 Å². The van der Waals surface area contributed by atoms with Gasteiger partial charge in [-0.3, -0.25) is 0 Å². The van der Waals surface area contributed by atoms with Gasteiger partial charge in [-0.2, -0.15) is 18.3 Å². The van der Waals surface area contributed by atoms with Crippen molar-refractivity contribution in [3.8, 4) is 0 Å². The molecule has 4 rings (SSSR count). The number of piperazine rings is 1. The maximum Gasteiger partial charge on any atom is 0.416 e. The standard InChI is InChI=1S/C19H24F3N5/c1-13-3-6-18(26-9-7-25(2)8-10-26)27-17(12-23-24-27)16-11-14(19(20,21)22)4-5-15(13)16/h4-6,11,13,17H,3,7-10,12H2,1-2H3. The fourth-order valence-electron chi connectivity index (χ4n) is 4.06. The third-order valence-corrected chi connectivity index (χ3v) is 5.73. The fourth-order valence-corrected chi connectivity index (χ4v) is 4.06. The van der Waals surface area contributed by atoms with Gasteiger partial charge in [0.25, 0.3) is 0 Å². The summed E-state index contributed by atoms with van der Waals surface area (Å²) >= 11 is 0. The number of nitrogens with zero attached hydrogens (tertiary/aromatic N) is 5. The van der Waals surface area contributed by atoms with Gasteiger partial charge in [0.05, 0.1) is 12.1 Å². The average molecular weight is 379 g/mol. The minimum atomic E-state index is -4.35. The summed E-state index contributed by atoms with van der Waals surface area (Å²) in [4.78, 5) is 4.55. The first-order valence-electron chi connectivity index (χ1n) is 9.36. The topological polar surface area (TPSA) is 34.4 Å². The minimum Gasteiger partial charge on any atom is -0.354 e. The first-order chi connectivity index (χ1) is 12.8. The van der Waals surface area contributed by atoms with Gasteiger partial charge in [-0.05, 0) is 48.7 Å². The molecule has 1 aromatic carbocycles. The molecule has 3 heterocycles. The molecule has 27 heavy (non-hydrogen) atoms. The van der Waals surface area contributed by atoms with Crippen LogP contribution in [0.4, 0.5) is 13.2 Å². The molecule has 3 aliphatic heterocycles. The summed E-state index contributed by atoms with van der Waals surface area (Å²) in [6.07, 6.45) is -1.42. The Bertz CT molecular complexity index is 765. The van der Waals surface area contributed by atoms with Gasteiger partial charge in [-0.15, -0.1) is 0 Å². The van der Waals surface area contributed by atoms with E-state index in [1.807, 2.05) is 5.01 Å². The predicted octanol–water partition coefficient (Wildman–Crippen LogP) is 4.03. The third kappa shape index (κ3) is 3.42. The van der Waals surface area contributed by atoms with Gasteiger partial charge >= 0.3 is 6.18 Å². The Morgan fingerprint density at radius 1 is 1.07 bits per heavy atom. The number of likely N-dealkylation sites (N-methyl/N-ethyl adjacent to an activating group) is 1. The highest BCUT2D eigenvalue weighted by molar-refractivity contribution is 5.40. The molecule has 0 bridgehead atoms. The Balaban J connectivity index is 1.72. The zero-order valence-corrected chi connectivity index (χ0v) is 15.6. The number of hydrogen-bond donors (Lipinski definition) is 0. The molecule has 0 aromatic heterocycles. The summed E-state index contributed by atoms with van der Waals surface area (Å²) in [5.41, 5.74) is 1.05. The first-order valence-corrected chi connectivity index (χ1v) is 9.36. The van der Waals surface area contributed by atoms with Crippen molar-refractivity contribution in [3.63, 3.8) is 0 Å². The van der Waals surface area contributed by atoms with E-state index in [1.54, 1.807) is 6.07 Å². The lowest BCUT2D eigenvalue weighted by atomic mass is 9.87. The zero-order chi connectivity index (χ0) is 19.2. The number of allylic oxidation sites excluding steroid dienone is 1. The molecule has 8 heteroatoms. The minimum absolute atomic E-state index is 0.146. The smallest absolute Gasteiger partial charge is 0.354 e. The van der Waals surface area contributed by atoms with Gasteiger partial charge in [0, 0.05) is 26.2 Å². The summed E-state index contributed by atoms with van der Waals surface area (Å²) in [7, 11) is 2.10. The van der Waals surface area contributed by atoms with E-state index in [9.17, 15) is 13.2 Å². The number of benzene rings is 1. The Hall–Kier alpha value is -2.09. The molecule has 1 saturated heterocycles. The second-order valence-corrected chi connectivity index (χ2v) is 7.60. The van der Waals surface area contributed by atoms with E-state index < -0.39 is 11.7 Å². The predicted molar refractivity (Wildman–Crippen MR) is 95.9 cm³/mol. The van der Waals surface area contributed by atoms with Crippen molar-refractivity contribution >= 4 is 0 Å². The highest BCUT2D eigenvalue weighted by atomic mass is 19.4. The highest BCUT2D eigenvalue weighted by Crippen LogP contribution is 2.42. The van der Waals surface area contributed by atoms with Gasteiger partial charge in [0.1, 0.15) is 11.9 Å². The first kappa shape index (κ1) is 18.3. The van der Waals surface area contributed by atoms with Crippen molar-refractivity contribution in [1.82, 2.24) is 14.8 Å². The molecule has 0 amide bonds. The van der Waals surface area contributed by atoms with Crippen LogP contribution in [0.5, 0.6) is 0 Å². The second-order valence-electron chi connectivity index (χ2n) is 7.60. The monoisotopic (exact) mass is 379 g/mol. The van der Waals surface area contributed by atoms with Crippen LogP contribution >= 0.6 is 0 Å². The Morgan fingerprint density at radius 3 is 2.52 bits per heavy atom. The third-order valence-electron chi connectivity index (χ3n) is 5.73. The largest absolute Gasteiger partial charge is 0.416 e. The molecule has 0 N–H and O–H groups in total. The van der Waals surface area contributed by atoms with Crippen LogP contribution in [-0.2, 0) is 6.18 Å². The van der Waals surface area contributed by atoms with Gasteiger partial charge < -0.3 is 9.80 Å². The van der Waals surface area contributed by atoms with E-state index in [1.165, 1.54) is 12.1 Å². The number of fused-ring (bicyclic) bond motifs is 3. The van der Waals surface area contributed by atoms with Crippen LogP contribution in [0.2, 0.25) is 0 Å². The molecule has 0 radical (unpaired) electrons. The summed E-state index contributed by atoms with van der Waals surface area (Å²) < 4.78 is 39.9. The number of halogens is 3. The summed E-state index contributed by atoms with van der Waals surface area (Å²) in [5.74, 6) is 1.12. The van der Waals surface area contributed by atoms with Crippen LogP contribution in [0.3, 0.4) is 0 Å². The molecule has 2 unspecified atom stereocenters. The van der Waals surface area contributed by atoms with Crippen molar-refractivity contribution in [2.24, 2.45) is 10.3 Å². The maximum absolute atomic E-state index is 13.3. The summed E-state index contributed by atoms with van der Waals surface area (Å²) in [6, 6.07) is 3.84. The van der Waals surface area contributed by atoms with E-state index in [0.717, 1.165) is 44.0 Å². The van der Waals surface area contributed by atoms with Crippen LogP contribution in [0.25, 0.3) is 0 Å². The molecule has 2 atom stereocenters. The van der Waals surface area contributed by atoms with E-state index in [4.69, 9.17) is 0 Å². The van der Waals surface area contributed by atoms with E-state index in [-0.39, 0.29) is 12.0 Å². The quantitative estimate of drug-likeness (QED) is 0.739. The molecule has 0 spiro atoms. The van der Waals surface area contributed by atoms with Crippen LogP contribution in [-0.4, -0.2) is 54.6 Å². The Kier molecular flexibility index (Phi) is 4.61. The lowest BCUT2D eigenvalue weighted by Gasteiger charge is -2.40. The molecule has 1 fully saturated rings. The second kappa shape index (κ2) is 6.82. The van der Waals surface area contributed by atoms with Crippen LogP contribution in [0, 0.1) is 0 Å². The Morgan fingerprint density at radius 2 is 1.81 bits per heavy atom. The molecule has 3 aliphatic rings. The van der Waals surface area contributed by atoms with Crippen molar-refractivity contribution in [1.29, 1.82) is 0 Å². The van der Waals surface area contributed by atoms with E-state index >= 15 is 0 Å².